The maximum atomic E-state index is 13.0. The lowest BCUT2D eigenvalue weighted by atomic mass is 10.0. The highest BCUT2D eigenvalue weighted by molar-refractivity contribution is 5.71. The maximum Gasteiger partial charge on any atom is 0.318 e. The molecule has 3 aromatic heterocycles. The van der Waals surface area contributed by atoms with Crippen molar-refractivity contribution in [3.8, 4) is 12.3 Å². The second kappa shape index (κ2) is 9.32. The van der Waals surface area contributed by atoms with E-state index in [0.717, 1.165) is 49.4 Å². The highest BCUT2D eigenvalue weighted by atomic mass is 16.2. The summed E-state index contributed by atoms with van der Waals surface area (Å²) >= 11 is 0. The quantitative estimate of drug-likeness (QED) is 0.436. The molecule has 7 nitrogen and oxygen atoms in total. The van der Waals surface area contributed by atoms with Crippen molar-refractivity contribution in [3.05, 3.63) is 73.7 Å². The van der Waals surface area contributed by atoms with Crippen molar-refractivity contribution in [1.29, 1.82) is 0 Å². The highest BCUT2D eigenvalue weighted by Crippen LogP contribution is 2.29. The van der Waals surface area contributed by atoms with Crippen LogP contribution in [0.5, 0.6) is 0 Å². The number of allylic oxidation sites excluding steroid dienone is 1. The smallest absolute Gasteiger partial charge is 0.318 e. The summed E-state index contributed by atoms with van der Waals surface area (Å²) in [5, 5.41) is 0. The fraction of sp³-hybridized carbons (Fsp3) is 0.370. The van der Waals surface area contributed by atoms with Crippen molar-refractivity contribution in [1.82, 2.24) is 23.6 Å². The normalized spacial score (nSPS) is 15.3. The van der Waals surface area contributed by atoms with E-state index in [4.69, 9.17) is 6.42 Å². The summed E-state index contributed by atoms with van der Waals surface area (Å²) in [6.45, 7) is 10.4. The fourth-order valence-electron chi connectivity index (χ4n) is 5.00. The van der Waals surface area contributed by atoms with Crippen LogP contribution < -0.4 is 11.1 Å². The molecular formula is C27H31N5O2. The number of terminal acetylenes is 1. The molecule has 0 amide bonds. The maximum absolute atomic E-state index is 13.0. The first-order chi connectivity index (χ1) is 16.3. The van der Waals surface area contributed by atoms with Gasteiger partial charge in [0.1, 0.15) is 0 Å². The molecule has 1 saturated heterocycles. The first-order valence-electron chi connectivity index (χ1n) is 11.5. The Labute approximate surface area is 199 Å². The van der Waals surface area contributed by atoms with E-state index >= 15 is 0 Å². The molecule has 4 heterocycles. The van der Waals surface area contributed by atoms with Crippen LogP contribution in [0.1, 0.15) is 47.1 Å². The number of aryl methyl sites for hydroxylation is 2. The molecule has 0 bridgehead atoms. The van der Waals surface area contributed by atoms with Gasteiger partial charge in [0.15, 0.2) is 5.65 Å². The average molecular weight is 458 g/mol. The molecule has 0 aliphatic carbocycles. The number of rotatable bonds is 5. The molecule has 1 aliphatic rings. The first kappa shape index (κ1) is 23.5. The van der Waals surface area contributed by atoms with E-state index in [1.165, 1.54) is 15.8 Å². The van der Waals surface area contributed by atoms with Crippen molar-refractivity contribution in [2.75, 3.05) is 13.1 Å². The molecule has 1 aliphatic heterocycles. The van der Waals surface area contributed by atoms with Crippen molar-refractivity contribution in [2.24, 2.45) is 14.1 Å². The van der Waals surface area contributed by atoms with Gasteiger partial charge >= 0.3 is 11.1 Å². The number of hydrogen-bond donors (Lipinski definition) is 0. The minimum absolute atomic E-state index is 0.0594. The van der Waals surface area contributed by atoms with Gasteiger partial charge in [-0.2, -0.15) is 0 Å². The molecule has 0 saturated carbocycles. The van der Waals surface area contributed by atoms with Crippen LogP contribution in [0.15, 0.2) is 34.4 Å². The molecule has 176 valence electrons. The molecule has 0 atom stereocenters. The van der Waals surface area contributed by atoms with Gasteiger partial charge in [0.25, 0.3) is 0 Å². The molecule has 34 heavy (non-hydrogen) atoms. The Morgan fingerprint density at radius 1 is 1.15 bits per heavy atom. The number of likely N-dealkylation sites (tertiary alicyclic amines) is 1. The third-order valence-electron chi connectivity index (χ3n) is 7.04. The number of hydrogen-bond acceptors (Lipinski definition) is 4. The molecule has 4 rings (SSSR count). The summed E-state index contributed by atoms with van der Waals surface area (Å²) < 4.78 is 5.17. The zero-order valence-electron chi connectivity index (χ0n) is 20.3. The third-order valence-corrected chi connectivity index (χ3v) is 7.04. The minimum atomic E-state index is -0.512. The van der Waals surface area contributed by atoms with Crippen molar-refractivity contribution in [2.45, 2.75) is 39.3 Å². The first-order valence-corrected chi connectivity index (χ1v) is 11.5. The SMILES string of the molecule is C#C/C=C\c1c(CN2CCC(n3c(=O)c(=O)n(C)c4ccc(C)nc43)CC2)c(C)n(C)c1C=C. The standard InChI is InChI=1S/C27H31N5O2/c1-7-9-10-21-22(19(4)29(5)23(21)8-2)17-31-15-13-20(14-16-31)32-25-24(12-11-18(3)28-25)30(6)26(33)27(32)34/h1,8-12,20H,2,13-17H2,3-6H3/b10-9-. The van der Waals surface area contributed by atoms with Gasteiger partial charge in [-0.1, -0.05) is 12.5 Å². The second-order valence-electron chi connectivity index (χ2n) is 8.97. The molecule has 1 fully saturated rings. The lowest BCUT2D eigenvalue weighted by Gasteiger charge is -2.33. The Morgan fingerprint density at radius 2 is 1.85 bits per heavy atom. The highest BCUT2D eigenvalue weighted by Gasteiger charge is 2.26. The van der Waals surface area contributed by atoms with E-state index in [9.17, 15) is 9.59 Å². The molecule has 0 spiro atoms. The van der Waals surface area contributed by atoms with Gasteiger partial charge in [-0.15, -0.1) is 6.42 Å². The van der Waals surface area contributed by atoms with E-state index in [0.29, 0.717) is 11.2 Å². The summed E-state index contributed by atoms with van der Waals surface area (Å²) in [6, 6.07) is 3.67. The lowest BCUT2D eigenvalue weighted by Crippen LogP contribution is -2.45. The molecule has 0 aromatic carbocycles. The number of fused-ring (bicyclic) bond motifs is 1. The van der Waals surface area contributed by atoms with Crippen molar-refractivity contribution < 1.29 is 0 Å². The van der Waals surface area contributed by atoms with Gasteiger partial charge in [-0.3, -0.25) is 19.1 Å². The second-order valence-corrected chi connectivity index (χ2v) is 8.97. The zero-order valence-corrected chi connectivity index (χ0v) is 20.3. The van der Waals surface area contributed by atoms with Gasteiger partial charge in [-0.05, 0) is 62.6 Å². The average Bonchev–Trinajstić information content (AvgIpc) is 3.06. The van der Waals surface area contributed by atoms with Gasteiger partial charge in [0.2, 0.25) is 0 Å². The van der Waals surface area contributed by atoms with Crippen LogP contribution in [0.4, 0.5) is 0 Å². The third kappa shape index (κ3) is 3.95. The Hall–Kier alpha value is -3.63. The van der Waals surface area contributed by atoms with Crippen molar-refractivity contribution >= 4 is 23.3 Å². The summed E-state index contributed by atoms with van der Waals surface area (Å²) in [4.78, 5) is 32.6. The summed E-state index contributed by atoms with van der Waals surface area (Å²) in [5.41, 5.74) is 5.64. The summed E-state index contributed by atoms with van der Waals surface area (Å²) in [7, 11) is 3.67. The van der Waals surface area contributed by atoms with E-state index in [1.807, 2.05) is 38.3 Å². The van der Waals surface area contributed by atoms with Crippen LogP contribution in [0.2, 0.25) is 0 Å². The largest absolute Gasteiger partial charge is 0.348 e. The Morgan fingerprint density at radius 3 is 2.50 bits per heavy atom. The minimum Gasteiger partial charge on any atom is -0.348 e. The predicted octanol–water partition coefficient (Wildman–Crippen LogP) is 3.18. The molecule has 0 N–H and O–H groups in total. The Bertz CT molecular complexity index is 1450. The molecule has 0 radical (unpaired) electrons. The predicted molar refractivity (Wildman–Crippen MR) is 138 cm³/mol. The Balaban J connectivity index is 1.62. The van der Waals surface area contributed by atoms with Gasteiger partial charge in [-0.25, -0.2) is 4.98 Å². The topological polar surface area (TPSA) is 65.1 Å². The van der Waals surface area contributed by atoms with Crippen LogP contribution in [0.25, 0.3) is 23.3 Å². The molecule has 7 heteroatoms. The monoisotopic (exact) mass is 457 g/mol. The van der Waals surface area contributed by atoms with Crippen LogP contribution in [0, 0.1) is 26.2 Å². The van der Waals surface area contributed by atoms with Crippen LogP contribution in [-0.2, 0) is 20.6 Å². The Kier molecular flexibility index (Phi) is 6.45. The number of nitrogens with zero attached hydrogens (tertiary/aromatic N) is 5. The van der Waals surface area contributed by atoms with Crippen LogP contribution in [0.3, 0.4) is 0 Å². The van der Waals surface area contributed by atoms with E-state index < -0.39 is 11.1 Å². The summed E-state index contributed by atoms with van der Waals surface area (Å²) in [6.07, 6.45) is 12.6. The zero-order chi connectivity index (χ0) is 24.6. The van der Waals surface area contributed by atoms with Crippen molar-refractivity contribution in [3.63, 3.8) is 0 Å². The molecular weight excluding hydrogens is 426 g/mol. The number of pyridine rings is 1. The van der Waals surface area contributed by atoms with Crippen LogP contribution in [-0.4, -0.2) is 36.7 Å². The van der Waals surface area contributed by atoms with E-state index in [2.05, 4.69) is 33.9 Å². The number of aromatic nitrogens is 4. The van der Waals surface area contributed by atoms with E-state index in [-0.39, 0.29) is 6.04 Å². The van der Waals surface area contributed by atoms with Gasteiger partial charge in [0, 0.05) is 62.4 Å². The summed E-state index contributed by atoms with van der Waals surface area (Å²) in [5.74, 6) is 2.58. The lowest BCUT2D eigenvalue weighted by molar-refractivity contribution is 0.179. The fourth-order valence-corrected chi connectivity index (χ4v) is 5.00. The van der Waals surface area contributed by atoms with Gasteiger partial charge < -0.3 is 9.13 Å². The number of piperidine rings is 1. The van der Waals surface area contributed by atoms with Crippen LogP contribution >= 0.6 is 0 Å². The van der Waals surface area contributed by atoms with E-state index in [1.54, 1.807) is 17.7 Å². The van der Waals surface area contributed by atoms with Gasteiger partial charge in [0.05, 0.1) is 5.52 Å². The molecule has 3 aromatic rings. The molecule has 0 unspecified atom stereocenters.